The molecule has 4 heteroatoms. The monoisotopic (exact) mass is 381 g/mol. The molecule has 2 aromatic rings. The van der Waals surface area contributed by atoms with E-state index in [1.807, 2.05) is 24.3 Å². The Balaban J connectivity index is 1.41. The molecule has 0 radical (unpaired) electrons. The average molecular weight is 382 g/mol. The van der Waals surface area contributed by atoms with Crippen molar-refractivity contribution in [3.8, 4) is 11.5 Å². The molecule has 1 saturated heterocycles. The zero-order chi connectivity index (χ0) is 19.4. The molecule has 0 bridgehead atoms. The topological polar surface area (TPSA) is 41.9 Å². The van der Waals surface area contributed by atoms with Gasteiger partial charge in [0.25, 0.3) is 0 Å². The summed E-state index contributed by atoms with van der Waals surface area (Å²) < 4.78 is 11.6. The molecule has 28 heavy (non-hydrogen) atoms. The van der Waals surface area contributed by atoms with Gasteiger partial charge in [-0.15, -0.1) is 0 Å². The van der Waals surface area contributed by atoms with Crippen molar-refractivity contribution in [2.24, 2.45) is 5.41 Å². The van der Waals surface area contributed by atoms with Crippen LogP contribution in [-0.4, -0.2) is 36.3 Å². The summed E-state index contributed by atoms with van der Waals surface area (Å²) >= 11 is 0. The van der Waals surface area contributed by atoms with Crippen LogP contribution in [0.2, 0.25) is 0 Å². The molecule has 2 aromatic carbocycles. The number of likely N-dealkylation sites (tertiary alicyclic amines) is 1. The molecular formula is C24H31NO3. The maximum Gasteiger partial charge on any atom is 0.161 e. The number of hydrogen-bond donors (Lipinski definition) is 1. The standard InChI is InChI=1S/C24H31NO3/c1-27-22-15-20(10-11-21(22)28-17-19-7-3-2-4-8-19)16-25-14-6-13-24(18-25)12-5-9-23(24)26/h2-4,7-8,10-11,15,23,26H,5-6,9,12-14,16-18H2,1H3/t23-,24-/m1/s1. The van der Waals surface area contributed by atoms with Crippen LogP contribution in [0.4, 0.5) is 0 Å². The van der Waals surface area contributed by atoms with Gasteiger partial charge < -0.3 is 14.6 Å². The lowest BCUT2D eigenvalue weighted by Gasteiger charge is -2.42. The number of methoxy groups -OCH3 is 1. The first-order chi connectivity index (χ1) is 13.7. The second kappa shape index (κ2) is 8.54. The molecule has 0 amide bonds. The zero-order valence-electron chi connectivity index (χ0n) is 16.8. The zero-order valence-corrected chi connectivity index (χ0v) is 16.8. The number of aliphatic hydroxyl groups is 1. The van der Waals surface area contributed by atoms with Crippen molar-refractivity contribution < 1.29 is 14.6 Å². The number of hydrogen-bond acceptors (Lipinski definition) is 4. The van der Waals surface area contributed by atoms with E-state index in [-0.39, 0.29) is 11.5 Å². The van der Waals surface area contributed by atoms with E-state index in [0.717, 1.165) is 49.5 Å². The first kappa shape index (κ1) is 19.3. The van der Waals surface area contributed by atoms with E-state index in [4.69, 9.17) is 9.47 Å². The van der Waals surface area contributed by atoms with Crippen LogP contribution in [0.1, 0.15) is 43.2 Å². The molecule has 1 aliphatic carbocycles. The third kappa shape index (κ3) is 4.18. The van der Waals surface area contributed by atoms with E-state index in [1.54, 1.807) is 7.11 Å². The number of nitrogens with zero attached hydrogens (tertiary/aromatic N) is 1. The molecule has 0 unspecified atom stereocenters. The van der Waals surface area contributed by atoms with Gasteiger partial charge in [0.05, 0.1) is 13.2 Å². The van der Waals surface area contributed by atoms with Crippen molar-refractivity contribution in [2.45, 2.75) is 51.4 Å². The van der Waals surface area contributed by atoms with Crippen LogP contribution in [0.5, 0.6) is 11.5 Å². The van der Waals surface area contributed by atoms with Gasteiger partial charge in [-0.1, -0.05) is 42.8 Å². The van der Waals surface area contributed by atoms with Crippen LogP contribution < -0.4 is 9.47 Å². The van der Waals surface area contributed by atoms with Gasteiger partial charge in [-0.3, -0.25) is 4.90 Å². The van der Waals surface area contributed by atoms with Crippen LogP contribution in [0.15, 0.2) is 48.5 Å². The Morgan fingerprint density at radius 3 is 2.61 bits per heavy atom. The highest BCUT2D eigenvalue weighted by molar-refractivity contribution is 5.43. The normalized spacial score (nSPS) is 25.1. The molecule has 1 spiro atoms. The van der Waals surface area contributed by atoms with Gasteiger partial charge in [0.15, 0.2) is 11.5 Å². The summed E-state index contributed by atoms with van der Waals surface area (Å²) in [6.45, 7) is 3.53. The number of ether oxygens (including phenoxy) is 2. The minimum absolute atomic E-state index is 0.126. The van der Waals surface area contributed by atoms with Gasteiger partial charge in [0, 0.05) is 18.5 Å². The predicted octanol–water partition coefficient (Wildman–Crippen LogP) is 4.40. The molecule has 150 valence electrons. The maximum atomic E-state index is 10.5. The highest BCUT2D eigenvalue weighted by atomic mass is 16.5. The maximum absolute atomic E-state index is 10.5. The molecule has 0 aromatic heterocycles. The van der Waals surface area contributed by atoms with E-state index in [2.05, 4.69) is 29.2 Å². The molecule has 4 rings (SSSR count). The van der Waals surface area contributed by atoms with Gasteiger partial charge in [0.2, 0.25) is 0 Å². The fraction of sp³-hybridized carbons (Fsp3) is 0.500. The number of piperidine rings is 1. The smallest absolute Gasteiger partial charge is 0.161 e. The summed E-state index contributed by atoms with van der Waals surface area (Å²) in [5, 5.41) is 10.5. The van der Waals surface area contributed by atoms with Gasteiger partial charge in [-0.2, -0.15) is 0 Å². The van der Waals surface area contributed by atoms with Gasteiger partial charge in [-0.05, 0) is 55.5 Å². The minimum Gasteiger partial charge on any atom is -0.493 e. The quantitative estimate of drug-likeness (QED) is 0.805. The molecule has 1 saturated carbocycles. The first-order valence-electron chi connectivity index (χ1n) is 10.4. The predicted molar refractivity (Wildman–Crippen MR) is 111 cm³/mol. The molecule has 1 heterocycles. The van der Waals surface area contributed by atoms with E-state index in [9.17, 15) is 5.11 Å². The second-order valence-corrected chi connectivity index (χ2v) is 8.34. The SMILES string of the molecule is COc1cc(CN2CCC[C@]3(CCC[C@H]3O)C2)ccc1OCc1ccccc1. The summed E-state index contributed by atoms with van der Waals surface area (Å²) in [5.41, 5.74) is 2.50. The highest BCUT2D eigenvalue weighted by Gasteiger charge is 2.44. The van der Waals surface area contributed by atoms with E-state index >= 15 is 0 Å². The Hall–Kier alpha value is -2.04. The van der Waals surface area contributed by atoms with Crippen molar-refractivity contribution in [2.75, 3.05) is 20.2 Å². The van der Waals surface area contributed by atoms with Crippen LogP contribution in [0.25, 0.3) is 0 Å². The Morgan fingerprint density at radius 2 is 1.86 bits per heavy atom. The molecule has 1 aliphatic heterocycles. The van der Waals surface area contributed by atoms with Gasteiger partial charge in [-0.25, -0.2) is 0 Å². The number of rotatable bonds is 6. The first-order valence-corrected chi connectivity index (χ1v) is 10.4. The number of benzene rings is 2. The molecule has 4 nitrogen and oxygen atoms in total. The van der Waals surface area contributed by atoms with Crippen LogP contribution in [-0.2, 0) is 13.2 Å². The molecule has 2 atom stereocenters. The summed E-state index contributed by atoms with van der Waals surface area (Å²) in [6.07, 6.45) is 5.51. The second-order valence-electron chi connectivity index (χ2n) is 8.34. The fourth-order valence-electron chi connectivity index (χ4n) is 4.91. The lowest BCUT2D eigenvalue weighted by molar-refractivity contribution is -0.0120. The van der Waals surface area contributed by atoms with Crippen LogP contribution in [0, 0.1) is 5.41 Å². The summed E-state index contributed by atoms with van der Waals surface area (Å²) in [6, 6.07) is 16.4. The lowest BCUT2D eigenvalue weighted by Crippen LogP contribution is -2.46. The van der Waals surface area contributed by atoms with Crippen molar-refractivity contribution in [1.29, 1.82) is 0 Å². The van der Waals surface area contributed by atoms with Crippen molar-refractivity contribution in [1.82, 2.24) is 4.90 Å². The summed E-state index contributed by atoms with van der Waals surface area (Å²) in [7, 11) is 1.69. The third-order valence-electron chi connectivity index (χ3n) is 6.42. The largest absolute Gasteiger partial charge is 0.493 e. The minimum atomic E-state index is -0.126. The Labute approximate surface area is 168 Å². The van der Waals surface area contributed by atoms with Crippen molar-refractivity contribution >= 4 is 0 Å². The van der Waals surface area contributed by atoms with E-state index in [1.165, 1.54) is 24.8 Å². The molecular weight excluding hydrogens is 350 g/mol. The Bertz CT molecular complexity index is 779. The lowest BCUT2D eigenvalue weighted by atomic mass is 9.76. The Morgan fingerprint density at radius 1 is 1.04 bits per heavy atom. The fourth-order valence-corrected chi connectivity index (χ4v) is 4.91. The third-order valence-corrected chi connectivity index (χ3v) is 6.42. The Kier molecular flexibility index (Phi) is 5.88. The van der Waals surface area contributed by atoms with E-state index < -0.39 is 0 Å². The average Bonchev–Trinajstić information content (AvgIpc) is 3.07. The number of aliphatic hydroxyl groups excluding tert-OH is 1. The van der Waals surface area contributed by atoms with Crippen LogP contribution >= 0.6 is 0 Å². The van der Waals surface area contributed by atoms with E-state index in [0.29, 0.717) is 6.61 Å². The highest BCUT2D eigenvalue weighted by Crippen LogP contribution is 2.45. The van der Waals surface area contributed by atoms with Gasteiger partial charge in [0.1, 0.15) is 6.61 Å². The van der Waals surface area contributed by atoms with Crippen molar-refractivity contribution in [3.05, 3.63) is 59.7 Å². The summed E-state index contributed by atoms with van der Waals surface area (Å²) in [4.78, 5) is 2.50. The van der Waals surface area contributed by atoms with Gasteiger partial charge >= 0.3 is 0 Å². The molecule has 2 fully saturated rings. The van der Waals surface area contributed by atoms with Crippen molar-refractivity contribution in [3.63, 3.8) is 0 Å². The van der Waals surface area contributed by atoms with Crippen LogP contribution in [0.3, 0.4) is 0 Å². The summed E-state index contributed by atoms with van der Waals surface area (Å²) in [5.74, 6) is 1.55. The molecule has 1 N–H and O–H groups in total. The molecule has 2 aliphatic rings.